The Morgan fingerprint density at radius 2 is 2.09 bits per heavy atom. The molecule has 1 saturated heterocycles. The molecule has 2 aliphatic rings. The number of piperazine rings is 1. The number of aromatic nitrogens is 1. The topological polar surface area (TPSA) is 85.8 Å². The molecule has 1 aromatic heterocycles. The zero-order chi connectivity index (χ0) is 15.7. The first-order chi connectivity index (χ1) is 10.5. The van der Waals surface area contributed by atoms with Gasteiger partial charge in [0.2, 0.25) is 5.91 Å². The van der Waals surface area contributed by atoms with Crippen molar-refractivity contribution in [3.05, 3.63) is 22.3 Å². The van der Waals surface area contributed by atoms with E-state index in [-0.39, 0.29) is 11.9 Å². The summed E-state index contributed by atoms with van der Waals surface area (Å²) in [7, 11) is 0. The summed E-state index contributed by atoms with van der Waals surface area (Å²) in [5.74, 6) is 0.567. The number of nitrogens with one attached hydrogen (secondary N) is 1. The van der Waals surface area contributed by atoms with E-state index in [1.807, 2.05) is 6.07 Å². The van der Waals surface area contributed by atoms with Gasteiger partial charge in [0.1, 0.15) is 5.82 Å². The Kier molecular flexibility index (Phi) is 4.30. The van der Waals surface area contributed by atoms with Gasteiger partial charge in [-0.2, -0.15) is 0 Å². The van der Waals surface area contributed by atoms with E-state index < -0.39 is 6.09 Å². The van der Waals surface area contributed by atoms with Crippen LogP contribution in [0.4, 0.5) is 10.6 Å². The smallest absolute Gasteiger partial charge is 0.407 e. The maximum atomic E-state index is 12.4. The molecule has 0 saturated carbocycles. The molecule has 1 atom stereocenters. The molecule has 2 N–H and O–H groups in total. The van der Waals surface area contributed by atoms with Gasteiger partial charge in [0.05, 0.1) is 6.04 Å². The first kappa shape index (κ1) is 15.2. The Labute approximate surface area is 136 Å². The Balaban J connectivity index is 1.70. The van der Waals surface area contributed by atoms with Crippen LogP contribution in [0.3, 0.4) is 0 Å². The quantitative estimate of drug-likeness (QED) is 0.782. The third-order valence-corrected chi connectivity index (χ3v) is 4.62. The van der Waals surface area contributed by atoms with Crippen molar-refractivity contribution in [2.24, 2.45) is 0 Å². The van der Waals surface area contributed by atoms with E-state index in [4.69, 9.17) is 5.11 Å². The summed E-state index contributed by atoms with van der Waals surface area (Å²) in [6, 6.07) is 1.75. The number of hydrogen-bond donors (Lipinski definition) is 2. The lowest BCUT2D eigenvalue weighted by molar-refractivity contribution is -0.122. The zero-order valence-electron chi connectivity index (χ0n) is 12.0. The molecule has 7 nitrogen and oxygen atoms in total. The zero-order valence-corrected chi connectivity index (χ0v) is 13.5. The molecule has 2 amide bonds. The summed E-state index contributed by atoms with van der Waals surface area (Å²) in [5, 5.41) is 11.9. The van der Waals surface area contributed by atoms with Gasteiger partial charge in [-0.15, -0.1) is 0 Å². The van der Waals surface area contributed by atoms with E-state index in [2.05, 4.69) is 31.1 Å². The van der Waals surface area contributed by atoms with E-state index in [1.54, 1.807) is 6.20 Å². The maximum Gasteiger partial charge on any atom is 0.407 e. The van der Waals surface area contributed by atoms with E-state index in [0.717, 1.165) is 16.5 Å². The molecule has 3 rings (SSSR count). The van der Waals surface area contributed by atoms with Gasteiger partial charge in [0.25, 0.3) is 0 Å². The second kappa shape index (κ2) is 6.21. The van der Waals surface area contributed by atoms with Gasteiger partial charge in [-0.05, 0) is 40.4 Å². The second-order valence-electron chi connectivity index (χ2n) is 5.51. The Hall–Kier alpha value is -1.67. The number of aryl methyl sites for hydroxylation is 1. The summed E-state index contributed by atoms with van der Waals surface area (Å²) in [6.07, 6.45) is 2.26. The van der Waals surface area contributed by atoms with Crippen molar-refractivity contribution in [3.8, 4) is 0 Å². The lowest BCUT2D eigenvalue weighted by Gasteiger charge is -2.36. The van der Waals surface area contributed by atoms with Crippen LogP contribution in [0.1, 0.15) is 12.0 Å². The first-order valence-electron chi connectivity index (χ1n) is 7.22. The summed E-state index contributed by atoms with van der Waals surface area (Å²) >= 11 is 3.40. The number of amides is 2. The molecule has 1 fully saturated rings. The number of hydrogen-bond acceptors (Lipinski definition) is 4. The summed E-state index contributed by atoms with van der Waals surface area (Å²) in [5.41, 5.74) is 1.02. The molecular formula is C14H17BrN4O3. The van der Waals surface area contributed by atoms with Crippen LogP contribution in [-0.4, -0.2) is 64.1 Å². The second-order valence-corrected chi connectivity index (χ2v) is 6.43. The van der Waals surface area contributed by atoms with Crippen LogP contribution in [0.15, 0.2) is 16.7 Å². The predicted octanol–water partition coefficient (Wildman–Crippen LogP) is 1.39. The van der Waals surface area contributed by atoms with Crippen molar-refractivity contribution in [1.82, 2.24) is 14.8 Å². The normalized spacial score (nSPS) is 22.7. The van der Waals surface area contributed by atoms with Crippen molar-refractivity contribution in [3.63, 3.8) is 0 Å². The lowest BCUT2D eigenvalue weighted by atomic mass is 10.1. The molecule has 1 unspecified atom stereocenters. The summed E-state index contributed by atoms with van der Waals surface area (Å²) in [4.78, 5) is 31.1. The average Bonchev–Trinajstić information content (AvgIpc) is 2.65. The minimum absolute atomic E-state index is 0.0580. The van der Waals surface area contributed by atoms with Gasteiger partial charge in [0.15, 0.2) is 0 Å². The number of carboxylic acid groups (broad SMARTS) is 1. The van der Waals surface area contributed by atoms with Crippen molar-refractivity contribution in [2.45, 2.75) is 18.9 Å². The van der Waals surface area contributed by atoms with Gasteiger partial charge >= 0.3 is 6.09 Å². The molecule has 0 spiro atoms. The highest BCUT2D eigenvalue weighted by Crippen LogP contribution is 2.25. The van der Waals surface area contributed by atoms with Crippen LogP contribution < -0.4 is 5.32 Å². The van der Waals surface area contributed by atoms with Gasteiger partial charge < -0.3 is 15.3 Å². The SMILES string of the molecule is O=C1Nc2ncc(Br)cc2CCC1N1CCN(C(=O)O)CC1. The maximum absolute atomic E-state index is 12.4. The van der Waals surface area contributed by atoms with Crippen molar-refractivity contribution < 1.29 is 14.7 Å². The molecule has 0 aromatic carbocycles. The fourth-order valence-corrected chi connectivity index (χ4v) is 3.36. The molecule has 118 valence electrons. The molecule has 0 radical (unpaired) electrons. The molecule has 2 aliphatic heterocycles. The fourth-order valence-electron chi connectivity index (χ4n) is 2.98. The minimum Gasteiger partial charge on any atom is -0.465 e. The Bertz CT molecular complexity index is 602. The third-order valence-electron chi connectivity index (χ3n) is 4.19. The largest absolute Gasteiger partial charge is 0.465 e. The number of carbonyl (C=O) groups is 2. The standard InChI is InChI=1S/C14H17BrN4O3/c15-10-7-9-1-2-11(13(20)17-12(9)16-8-10)18-3-5-19(6-4-18)14(21)22/h7-8,11H,1-6H2,(H,21,22)(H,16,17,20). The van der Waals surface area contributed by atoms with Crippen LogP contribution in [0.5, 0.6) is 0 Å². The van der Waals surface area contributed by atoms with Crippen molar-refractivity contribution >= 4 is 33.7 Å². The Morgan fingerprint density at radius 1 is 1.36 bits per heavy atom. The molecule has 1 aromatic rings. The number of rotatable bonds is 1. The van der Waals surface area contributed by atoms with E-state index in [9.17, 15) is 9.59 Å². The molecular weight excluding hydrogens is 352 g/mol. The molecule has 8 heteroatoms. The minimum atomic E-state index is -0.897. The average molecular weight is 369 g/mol. The van der Waals surface area contributed by atoms with Crippen LogP contribution in [0.2, 0.25) is 0 Å². The number of fused-ring (bicyclic) bond motifs is 1. The van der Waals surface area contributed by atoms with Crippen LogP contribution in [0, 0.1) is 0 Å². The van der Waals surface area contributed by atoms with Crippen LogP contribution >= 0.6 is 15.9 Å². The Morgan fingerprint density at radius 3 is 2.77 bits per heavy atom. The highest BCUT2D eigenvalue weighted by molar-refractivity contribution is 9.10. The molecule has 0 bridgehead atoms. The van der Waals surface area contributed by atoms with Crippen molar-refractivity contribution in [1.29, 1.82) is 0 Å². The van der Waals surface area contributed by atoms with Crippen LogP contribution in [0.25, 0.3) is 0 Å². The predicted molar refractivity (Wildman–Crippen MR) is 83.8 cm³/mol. The van der Waals surface area contributed by atoms with E-state index in [1.165, 1.54) is 4.90 Å². The third kappa shape index (κ3) is 3.07. The lowest BCUT2D eigenvalue weighted by Crippen LogP contribution is -2.54. The number of nitrogens with zero attached hydrogens (tertiary/aromatic N) is 3. The van der Waals surface area contributed by atoms with E-state index in [0.29, 0.717) is 38.4 Å². The van der Waals surface area contributed by atoms with Crippen molar-refractivity contribution in [2.75, 3.05) is 31.5 Å². The monoisotopic (exact) mass is 368 g/mol. The number of carbonyl (C=O) groups excluding carboxylic acids is 1. The summed E-state index contributed by atoms with van der Waals surface area (Å²) in [6.45, 7) is 2.04. The number of anilines is 1. The van der Waals surface area contributed by atoms with Gasteiger partial charge in [-0.3, -0.25) is 9.69 Å². The van der Waals surface area contributed by atoms with Crippen LogP contribution in [-0.2, 0) is 11.2 Å². The number of halogens is 1. The van der Waals surface area contributed by atoms with Gasteiger partial charge in [0, 0.05) is 36.8 Å². The van der Waals surface area contributed by atoms with Gasteiger partial charge in [-0.25, -0.2) is 9.78 Å². The molecule has 0 aliphatic carbocycles. The number of pyridine rings is 1. The highest BCUT2D eigenvalue weighted by Gasteiger charge is 2.32. The van der Waals surface area contributed by atoms with Gasteiger partial charge in [-0.1, -0.05) is 0 Å². The summed E-state index contributed by atoms with van der Waals surface area (Å²) < 4.78 is 0.897. The molecule has 3 heterocycles. The highest BCUT2D eigenvalue weighted by atomic mass is 79.9. The first-order valence-corrected chi connectivity index (χ1v) is 8.01. The van der Waals surface area contributed by atoms with E-state index >= 15 is 0 Å². The fraction of sp³-hybridized carbons (Fsp3) is 0.500. The molecule has 22 heavy (non-hydrogen) atoms.